The Balaban J connectivity index is 2.24. The molecule has 0 radical (unpaired) electrons. The van der Waals surface area contributed by atoms with E-state index < -0.39 is 0 Å². The first kappa shape index (κ1) is 11.3. The molecule has 0 atom stereocenters. The normalized spacial score (nSPS) is 10.1. The van der Waals surface area contributed by atoms with Gasteiger partial charge in [0.15, 0.2) is 0 Å². The van der Waals surface area contributed by atoms with Crippen molar-refractivity contribution in [3.63, 3.8) is 0 Å². The lowest BCUT2D eigenvalue weighted by atomic mass is 10.2. The Hall–Kier alpha value is -1.19. The van der Waals surface area contributed by atoms with Gasteiger partial charge in [0, 0.05) is 21.5 Å². The molecule has 2 nitrogen and oxygen atoms in total. The molecule has 16 heavy (non-hydrogen) atoms. The van der Waals surface area contributed by atoms with E-state index in [1.54, 1.807) is 0 Å². The van der Waals surface area contributed by atoms with Crippen LogP contribution in [0.3, 0.4) is 0 Å². The zero-order valence-electron chi connectivity index (χ0n) is 8.37. The second-order valence-electron chi connectivity index (χ2n) is 3.38. The Bertz CT molecular complexity index is 514. The van der Waals surface area contributed by atoms with E-state index in [4.69, 9.17) is 17.3 Å². The summed E-state index contributed by atoms with van der Waals surface area (Å²) < 4.78 is 0.864. The number of nitrogen functional groups attached to an aromatic ring is 1. The molecule has 0 saturated heterocycles. The Kier molecular flexibility index (Phi) is 3.36. The van der Waals surface area contributed by atoms with Crippen molar-refractivity contribution < 1.29 is 0 Å². The highest BCUT2D eigenvalue weighted by molar-refractivity contribution is 9.10. The van der Waals surface area contributed by atoms with Crippen LogP contribution in [0.4, 0.5) is 17.1 Å². The van der Waals surface area contributed by atoms with Crippen LogP contribution in [0.15, 0.2) is 46.9 Å². The number of halogens is 2. The van der Waals surface area contributed by atoms with Crippen LogP contribution in [-0.4, -0.2) is 0 Å². The number of anilines is 3. The van der Waals surface area contributed by atoms with Crippen LogP contribution in [-0.2, 0) is 0 Å². The highest BCUT2D eigenvalue weighted by atomic mass is 79.9. The monoisotopic (exact) mass is 296 g/mol. The second-order valence-corrected chi connectivity index (χ2v) is 4.64. The van der Waals surface area contributed by atoms with E-state index in [-0.39, 0.29) is 0 Å². The minimum Gasteiger partial charge on any atom is -0.399 e. The molecule has 2 rings (SSSR count). The number of benzene rings is 2. The summed E-state index contributed by atoms with van der Waals surface area (Å²) >= 11 is 9.29. The maximum Gasteiger partial charge on any atom is 0.0549 e. The van der Waals surface area contributed by atoms with Gasteiger partial charge in [-0.25, -0.2) is 0 Å². The molecule has 0 heterocycles. The van der Waals surface area contributed by atoms with Crippen LogP contribution >= 0.6 is 27.5 Å². The molecular weight excluding hydrogens is 288 g/mol. The van der Waals surface area contributed by atoms with Crippen molar-refractivity contribution >= 4 is 44.6 Å². The first-order valence-corrected chi connectivity index (χ1v) is 5.90. The molecule has 0 aliphatic carbocycles. The fourth-order valence-corrected chi connectivity index (χ4v) is 1.85. The zero-order chi connectivity index (χ0) is 11.5. The summed E-state index contributed by atoms with van der Waals surface area (Å²) in [7, 11) is 0. The Labute approximate surface area is 108 Å². The Morgan fingerprint density at radius 1 is 1.06 bits per heavy atom. The topological polar surface area (TPSA) is 38.0 Å². The van der Waals surface area contributed by atoms with Gasteiger partial charge in [0.25, 0.3) is 0 Å². The first-order chi connectivity index (χ1) is 7.65. The van der Waals surface area contributed by atoms with Gasteiger partial charge in [-0.2, -0.15) is 0 Å². The molecule has 0 amide bonds. The molecule has 0 saturated carbocycles. The molecule has 0 aliphatic heterocycles. The Morgan fingerprint density at radius 3 is 2.50 bits per heavy atom. The van der Waals surface area contributed by atoms with Gasteiger partial charge in [0.05, 0.1) is 5.02 Å². The zero-order valence-corrected chi connectivity index (χ0v) is 10.7. The molecule has 3 N–H and O–H groups in total. The molecule has 0 fully saturated rings. The van der Waals surface area contributed by atoms with Gasteiger partial charge in [0.1, 0.15) is 0 Å². The fraction of sp³-hybridized carbons (Fsp3) is 0. The van der Waals surface area contributed by atoms with Crippen molar-refractivity contribution in [3.8, 4) is 0 Å². The van der Waals surface area contributed by atoms with Crippen molar-refractivity contribution in [1.82, 2.24) is 0 Å². The molecule has 0 bridgehead atoms. The van der Waals surface area contributed by atoms with Gasteiger partial charge >= 0.3 is 0 Å². The number of hydrogen-bond acceptors (Lipinski definition) is 2. The van der Waals surface area contributed by atoms with E-state index in [2.05, 4.69) is 21.2 Å². The van der Waals surface area contributed by atoms with Crippen LogP contribution < -0.4 is 11.1 Å². The lowest BCUT2D eigenvalue weighted by molar-refractivity contribution is 1.53. The van der Waals surface area contributed by atoms with Crippen molar-refractivity contribution in [2.24, 2.45) is 0 Å². The third kappa shape index (κ3) is 2.68. The lowest BCUT2D eigenvalue weighted by Crippen LogP contribution is -1.92. The molecule has 0 spiro atoms. The first-order valence-electron chi connectivity index (χ1n) is 4.73. The van der Waals surface area contributed by atoms with E-state index >= 15 is 0 Å². The van der Waals surface area contributed by atoms with Crippen LogP contribution in [0.2, 0.25) is 5.02 Å². The molecule has 0 unspecified atom stereocenters. The SMILES string of the molecule is Nc1cccc(Nc2ccc(Cl)c(Br)c2)c1. The molecule has 0 aliphatic rings. The van der Waals surface area contributed by atoms with Gasteiger partial charge in [-0.15, -0.1) is 0 Å². The maximum absolute atomic E-state index is 5.91. The third-order valence-corrected chi connectivity index (χ3v) is 3.31. The average Bonchev–Trinajstić information content (AvgIpc) is 2.24. The molecule has 0 aromatic heterocycles. The van der Waals surface area contributed by atoms with E-state index in [1.165, 1.54) is 0 Å². The molecule has 4 heteroatoms. The van der Waals surface area contributed by atoms with Gasteiger partial charge in [-0.3, -0.25) is 0 Å². The van der Waals surface area contributed by atoms with Crippen LogP contribution in [0.1, 0.15) is 0 Å². The van der Waals surface area contributed by atoms with Crippen molar-refractivity contribution in [2.45, 2.75) is 0 Å². The predicted molar refractivity (Wildman–Crippen MR) is 73.3 cm³/mol. The summed E-state index contributed by atoms with van der Waals surface area (Å²) in [5, 5.41) is 3.94. The van der Waals surface area contributed by atoms with Crippen LogP contribution in [0.25, 0.3) is 0 Å². The van der Waals surface area contributed by atoms with Crippen LogP contribution in [0, 0.1) is 0 Å². The van der Waals surface area contributed by atoms with E-state index in [0.29, 0.717) is 5.02 Å². The van der Waals surface area contributed by atoms with Crippen molar-refractivity contribution in [2.75, 3.05) is 11.1 Å². The van der Waals surface area contributed by atoms with Gasteiger partial charge in [-0.05, 0) is 52.3 Å². The molecular formula is C12H10BrClN2. The summed E-state index contributed by atoms with van der Waals surface area (Å²) in [6, 6.07) is 13.3. The summed E-state index contributed by atoms with van der Waals surface area (Å²) in [4.78, 5) is 0. The molecule has 2 aromatic carbocycles. The standard InChI is InChI=1S/C12H10BrClN2/c13-11-7-10(4-5-12(11)14)16-9-3-1-2-8(15)6-9/h1-7,16H,15H2. The number of rotatable bonds is 2. The minimum atomic E-state index is 0.693. The smallest absolute Gasteiger partial charge is 0.0549 e. The van der Waals surface area contributed by atoms with E-state index in [1.807, 2.05) is 42.5 Å². The van der Waals surface area contributed by atoms with Gasteiger partial charge < -0.3 is 11.1 Å². The van der Waals surface area contributed by atoms with Gasteiger partial charge in [0.2, 0.25) is 0 Å². The summed E-state index contributed by atoms with van der Waals surface area (Å²) in [5.41, 5.74) is 8.34. The van der Waals surface area contributed by atoms with Crippen molar-refractivity contribution in [1.29, 1.82) is 0 Å². The van der Waals surface area contributed by atoms with Gasteiger partial charge in [-0.1, -0.05) is 17.7 Å². The van der Waals surface area contributed by atoms with Crippen LogP contribution in [0.5, 0.6) is 0 Å². The summed E-state index contributed by atoms with van der Waals surface area (Å²) in [6.45, 7) is 0. The minimum absolute atomic E-state index is 0.693. The third-order valence-electron chi connectivity index (χ3n) is 2.09. The Morgan fingerprint density at radius 2 is 1.81 bits per heavy atom. The fourth-order valence-electron chi connectivity index (χ4n) is 1.36. The highest BCUT2D eigenvalue weighted by Crippen LogP contribution is 2.27. The van der Waals surface area contributed by atoms with Crippen molar-refractivity contribution in [3.05, 3.63) is 52.0 Å². The average molecular weight is 298 g/mol. The molecule has 82 valence electrons. The maximum atomic E-state index is 5.91. The number of hydrogen-bond donors (Lipinski definition) is 2. The lowest BCUT2D eigenvalue weighted by Gasteiger charge is -2.08. The quantitative estimate of drug-likeness (QED) is 0.805. The largest absolute Gasteiger partial charge is 0.399 e. The second kappa shape index (κ2) is 4.76. The van der Waals surface area contributed by atoms with E-state index in [9.17, 15) is 0 Å². The van der Waals surface area contributed by atoms with E-state index in [0.717, 1.165) is 21.5 Å². The summed E-state index contributed by atoms with van der Waals surface area (Å²) in [5.74, 6) is 0. The predicted octanol–water partition coefficient (Wildman–Crippen LogP) is 4.43. The number of nitrogens with two attached hydrogens (primary N) is 1. The summed E-state index contributed by atoms with van der Waals surface area (Å²) in [6.07, 6.45) is 0. The number of nitrogens with one attached hydrogen (secondary N) is 1. The highest BCUT2D eigenvalue weighted by Gasteiger charge is 1.99. The molecule has 2 aromatic rings.